The number of hydrogen-bond donors (Lipinski definition) is 0. The molecule has 2 heterocycles. The monoisotopic (exact) mass is 210 g/mol. The lowest BCUT2D eigenvalue weighted by molar-refractivity contribution is -0.141. The van der Waals surface area contributed by atoms with Crippen LogP contribution in [0.4, 0.5) is 0 Å². The van der Waals surface area contributed by atoms with Crippen LogP contribution in [-0.4, -0.2) is 35.3 Å². The molecular formula is C10H14N2O3. The Morgan fingerprint density at radius 2 is 2.40 bits per heavy atom. The molecule has 0 saturated carbocycles. The van der Waals surface area contributed by atoms with E-state index in [-0.39, 0.29) is 6.10 Å². The second-order valence-electron chi connectivity index (χ2n) is 3.84. The third kappa shape index (κ3) is 2.87. The van der Waals surface area contributed by atoms with Crippen LogP contribution in [0.5, 0.6) is 5.75 Å². The van der Waals surface area contributed by atoms with E-state index >= 15 is 0 Å². The lowest BCUT2D eigenvalue weighted by Gasteiger charge is -2.17. The van der Waals surface area contributed by atoms with Crippen LogP contribution >= 0.6 is 0 Å². The Bertz CT molecular complexity index is 316. The van der Waals surface area contributed by atoms with Crippen LogP contribution in [0.15, 0.2) is 18.5 Å². The number of hydrogen-bond acceptors (Lipinski definition) is 5. The Labute approximate surface area is 88.4 Å². The molecule has 0 radical (unpaired) electrons. The number of ether oxygens (including phenoxy) is 3. The highest BCUT2D eigenvalue weighted by molar-refractivity contribution is 5.12. The molecule has 1 aromatic rings. The molecule has 2 rings (SSSR count). The molecule has 1 fully saturated rings. The first-order valence-electron chi connectivity index (χ1n) is 4.87. The summed E-state index contributed by atoms with van der Waals surface area (Å²) in [6.07, 6.45) is 3.14. The second kappa shape index (κ2) is 4.12. The topological polar surface area (TPSA) is 53.5 Å². The zero-order chi connectivity index (χ0) is 10.7. The fraction of sp³-hybridized carbons (Fsp3) is 0.600. The average Bonchev–Trinajstić information content (AvgIpc) is 2.57. The molecule has 0 amide bonds. The maximum Gasteiger partial charge on any atom is 0.163 e. The Kier molecular flexibility index (Phi) is 2.83. The minimum atomic E-state index is -0.496. The molecule has 82 valence electrons. The van der Waals surface area contributed by atoms with Gasteiger partial charge in [-0.2, -0.15) is 10.2 Å². The summed E-state index contributed by atoms with van der Waals surface area (Å²) in [5, 5.41) is 7.37. The van der Waals surface area contributed by atoms with Crippen molar-refractivity contribution in [1.29, 1.82) is 0 Å². The van der Waals surface area contributed by atoms with E-state index in [4.69, 9.17) is 14.2 Å². The van der Waals surface area contributed by atoms with Crippen LogP contribution in [0.25, 0.3) is 0 Å². The van der Waals surface area contributed by atoms with Crippen LogP contribution in [-0.2, 0) is 9.47 Å². The van der Waals surface area contributed by atoms with E-state index in [1.54, 1.807) is 18.5 Å². The maximum absolute atomic E-state index is 5.59. The average molecular weight is 210 g/mol. The Hall–Kier alpha value is -1.20. The van der Waals surface area contributed by atoms with Gasteiger partial charge in [-0.15, -0.1) is 0 Å². The quantitative estimate of drug-likeness (QED) is 0.745. The third-order valence-electron chi connectivity index (χ3n) is 2.06. The van der Waals surface area contributed by atoms with E-state index in [2.05, 4.69) is 10.2 Å². The number of rotatable bonds is 3. The summed E-state index contributed by atoms with van der Waals surface area (Å²) >= 11 is 0. The SMILES string of the molecule is CC1(C)OCC(COc2ccnnc2)O1. The summed E-state index contributed by atoms with van der Waals surface area (Å²) in [6.45, 7) is 4.81. The molecule has 0 aliphatic carbocycles. The molecule has 0 aromatic carbocycles. The lowest BCUT2D eigenvalue weighted by Crippen LogP contribution is -2.25. The van der Waals surface area contributed by atoms with Gasteiger partial charge in [-0.3, -0.25) is 0 Å². The predicted molar refractivity (Wildman–Crippen MR) is 52.4 cm³/mol. The van der Waals surface area contributed by atoms with E-state index in [0.717, 1.165) is 0 Å². The molecule has 1 atom stereocenters. The van der Waals surface area contributed by atoms with Crippen LogP contribution in [0.1, 0.15) is 13.8 Å². The van der Waals surface area contributed by atoms with Crippen molar-refractivity contribution >= 4 is 0 Å². The van der Waals surface area contributed by atoms with Gasteiger partial charge in [0, 0.05) is 6.07 Å². The van der Waals surface area contributed by atoms with Gasteiger partial charge in [-0.25, -0.2) is 0 Å². The lowest BCUT2D eigenvalue weighted by atomic mass is 10.4. The molecule has 1 aromatic heterocycles. The normalized spacial score (nSPS) is 24.0. The van der Waals surface area contributed by atoms with Crippen LogP contribution in [0.3, 0.4) is 0 Å². The summed E-state index contributed by atoms with van der Waals surface area (Å²) in [6, 6.07) is 1.76. The molecule has 0 bridgehead atoms. The van der Waals surface area contributed by atoms with Crippen molar-refractivity contribution < 1.29 is 14.2 Å². The van der Waals surface area contributed by atoms with Crippen molar-refractivity contribution in [2.75, 3.05) is 13.2 Å². The summed E-state index contributed by atoms with van der Waals surface area (Å²) in [4.78, 5) is 0. The maximum atomic E-state index is 5.59. The van der Waals surface area contributed by atoms with Crippen LogP contribution in [0.2, 0.25) is 0 Å². The van der Waals surface area contributed by atoms with Gasteiger partial charge in [0.2, 0.25) is 0 Å². The Balaban J connectivity index is 1.80. The first kappa shape index (κ1) is 10.3. The van der Waals surface area contributed by atoms with Gasteiger partial charge in [0.15, 0.2) is 5.79 Å². The van der Waals surface area contributed by atoms with Crippen molar-refractivity contribution in [2.45, 2.75) is 25.7 Å². The van der Waals surface area contributed by atoms with E-state index in [9.17, 15) is 0 Å². The molecule has 15 heavy (non-hydrogen) atoms. The van der Waals surface area contributed by atoms with E-state index in [1.807, 2.05) is 13.8 Å². The van der Waals surface area contributed by atoms with Crippen molar-refractivity contribution in [3.8, 4) is 5.75 Å². The molecule has 5 nitrogen and oxygen atoms in total. The summed E-state index contributed by atoms with van der Waals surface area (Å²) in [5.41, 5.74) is 0. The van der Waals surface area contributed by atoms with Crippen molar-refractivity contribution in [2.24, 2.45) is 0 Å². The highest BCUT2D eigenvalue weighted by Gasteiger charge is 2.32. The molecule has 0 spiro atoms. The number of nitrogens with zero attached hydrogens (tertiary/aromatic N) is 2. The molecule has 5 heteroatoms. The molecule has 1 unspecified atom stereocenters. The fourth-order valence-corrected chi connectivity index (χ4v) is 1.40. The molecule has 1 aliphatic rings. The van der Waals surface area contributed by atoms with Gasteiger partial charge in [-0.1, -0.05) is 0 Å². The largest absolute Gasteiger partial charge is 0.489 e. The van der Waals surface area contributed by atoms with Gasteiger partial charge < -0.3 is 14.2 Å². The zero-order valence-corrected chi connectivity index (χ0v) is 8.84. The first-order valence-corrected chi connectivity index (χ1v) is 4.87. The van der Waals surface area contributed by atoms with Gasteiger partial charge >= 0.3 is 0 Å². The second-order valence-corrected chi connectivity index (χ2v) is 3.84. The molecular weight excluding hydrogens is 196 g/mol. The summed E-state index contributed by atoms with van der Waals surface area (Å²) in [7, 11) is 0. The molecule has 0 N–H and O–H groups in total. The van der Waals surface area contributed by atoms with Gasteiger partial charge in [0.25, 0.3) is 0 Å². The van der Waals surface area contributed by atoms with Crippen LogP contribution in [0, 0.1) is 0 Å². The van der Waals surface area contributed by atoms with Crippen molar-refractivity contribution in [1.82, 2.24) is 10.2 Å². The minimum Gasteiger partial charge on any atom is -0.489 e. The minimum absolute atomic E-state index is 0.0202. The molecule has 1 aliphatic heterocycles. The Morgan fingerprint density at radius 1 is 1.53 bits per heavy atom. The highest BCUT2D eigenvalue weighted by atomic mass is 16.7. The van der Waals surface area contributed by atoms with Crippen molar-refractivity contribution in [3.63, 3.8) is 0 Å². The van der Waals surface area contributed by atoms with Crippen molar-refractivity contribution in [3.05, 3.63) is 18.5 Å². The standard InChI is InChI=1S/C10H14N2O3/c1-10(2)14-7-9(15-10)6-13-8-3-4-11-12-5-8/h3-5,9H,6-7H2,1-2H3. The van der Waals surface area contributed by atoms with Gasteiger partial charge in [0.05, 0.1) is 19.0 Å². The summed E-state index contributed by atoms with van der Waals surface area (Å²) < 4.78 is 16.5. The smallest absolute Gasteiger partial charge is 0.163 e. The zero-order valence-electron chi connectivity index (χ0n) is 8.84. The fourth-order valence-electron chi connectivity index (χ4n) is 1.40. The van der Waals surface area contributed by atoms with Crippen LogP contribution < -0.4 is 4.74 Å². The summed E-state index contributed by atoms with van der Waals surface area (Å²) in [5.74, 6) is 0.197. The first-order chi connectivity index (χ1) is 7.16. The molecule has 1 saturated heterocycles. The number of aromatic nitrogens is 2. The van der Waals surface area contributed by atoms with Gasteiger partial charge in [-0.05, 0) is 13.8 Å². The highest BCUT2D eigenvalue weighted by Crippen LogP contribution is 2.22. The predicted octanol–water partition coefficient (Wildman–Crippen LogP) is 1.01. The van der Waals surface area contributed by atoms with E-state index in [0.29, 0.717) is 19.0 Å². The Morgan fingerprint density at radius 3 is 3.00 bits per heavy atom. The van der Waals surface area contributed by atoms with E-state index in [1.165, 1.54) is 0 Å². The third-order valence-corrected chi connectivity index (χ3v) is 2.06. The van der Waals surface area contributed by atoms with E-state index < -0.39 is 5.79 Å². The van der Waals surface area contributed by atoms with Gasteiger partial charge in [0.1, 0.15) is 18.5 Å².